The Kier molecular flexibility index (Phi) is 5.27. The number of aryl methyl sites for hydroxylation is 1. The van der Waals surface area contributed by atoms with Gasteiger partial charge in [-0.2, -0.15) is 5.26 Å². The first-order valence-electron chi connectivity index (χ1n) is 7.87. The van der Waals surface area contributed by atoms with Crippen LogP contribution in [0.15, 0.2) is 71.8 Å². The second kappa shape index (κ2) is 7.78. The number of carbonyl (C=O) groups is 1. The molecule has 3 aromatic rings. The molecule has 122 valence electrons. The summed E-state index contributed by atoms with van der Waals surface area (Å²) in [7, 11) is 0. The number of thioether (sulfide) groups is 1. The molecule has 0 saturated carbocycles. The minimum Gasteiger partial charge on any atom is -0.293 e. The van der Waals surface area contributed by atoms with E-state index in [-0.39, 0.29) is 11.5 Å². The maximum atomic E-state index is 12.3. The lowest BCUT2D eigenvalue weighted by atomic mass is 10.1. The number of benzene rings is 2. The predicted octanol–water partition coefficient (Wildman–Crippen LogP) is 4.90. The smallest absolute Gasteiger partial charge is 0.173 e. The summed E-state index contributed by atoms with van der Waals surface area (Å²) < 4.78 is 0. The topological polar surface area (TPSA) is 53.8 Å². The van der Waals surface area contributed by atoms with E-state index >= 15 is 0 Å². The maximum Gasteiger partial charge on any atom is 0.173 e. The fraction of sp³-hybridized carbons (Fsp3) is 0.0952. The highest BCUT2D eigenvalue weighted by Crippen LogP contribution is 2.28. The first kappa shape index (κ1) is 16.9. The van der Waals surface area contributed by atoms with Crippen LogP contribution in [0.5, 0.6) is 0 Å². The predicted molar refractivity (Wildman–Crippen MR) is 101 cm³/mol. The zero-order valence-corrected chi connectivity index (χ0v) is 14.6. The molecule has 0 saturated heterocycles. The van der Waals surface area contributed by atoms with Gasteiger partial charge in [0.25, 0.3) is 0 Å². The Balaban J connectivity index is 1.88. The summed E-state index contributed by atoms with van der Waals surface area (Å²) in [5, 5.41) is 10.1. The van der Waals surface area contributed by atoms with E-state index in [4.69, 9.17) is 0 Å². The largest absolute Gasteiger partial charge is 0.293 e. The molecule has 1 heterocycles. The minimum absolute atomic E-state index is 0.0269. The highest BCUT2D eigenvalue weighted by molar-refractivity contribution is 8.00. The number of Topliss-reactive ketones (excluding diaryl/α,β-unsaturated/α-hetero) is 1. The van der Waals surface area contributed by atoms with E-state index in [1.807, 2.05) is 61.5 Å². The van der Waals surface area contributed by atoms with Crippen molar-refractivity contribution < 1.29 is 4.79 Å². The van der Waals surface area contributed by atoms with Crippen molar-refractivity contribution in [3.63, 3.8) is 0 Å². The average molecular weight is 344 g/mol. The fourth-order valence-electron chi connectivity index (χ4n) is 2.48. The van der Waals surface area contributed by atoms with Crippen molar-refractivity contribution in [2.45, 2.75) is 11.9 Å². The van der Waals surface area contributed by atoms with Gasteiger partial charge in [0.05, 0.1) is 17.0 Å². The molecule has 0 N–H and O–H groups in total. The van der Waals surface area contributed by atoms with E-state index in [1.165, 1.54) is 11.8 Å². The molecule has 3 nitrogen and oxygen atoms in total. The average Bonchev–Trinajstić information content (AvgIpc) is 2.67. The van der Waals surface area contributed by atoms with Crippen molar-refractivity contribution in [1.29, 1.82) is 5.26 Å². The highest BCUT2D eigenvalue weighted by atomic mass is 32.2. The SMILES string of the molecule is Cc1cc(-c2ccccc2)nc(SCC(=O)c2ccccc2)c1C#N. The van der Waals surface area contributed by atoms with Gasteiger partial charge in [-0.25, -0.2) is 4.98 Å². The second-order valence-electron chi connectivity index (χ2n) is 5.56. The standard InChI is InChI=1S/C21H16N2OS/c1-15-12-19(16-8-4-2-5-9-16)23-21(18(15)13-22)25-14-20(24)17-10-6-3-7-11-17/h2-12H,14H2,1H3. The molecule has 0 amide bonds. The van der Waals surface area contributed by atoms with E-state index in [9.17, 15) is 10.1 Å². The number of nitriles is 1. The molecule has 25 heavy (non-hydrogen) atoms. The molecule has 0 unspecified atom stereocenters. The molecule has 0 bridgehead atoms. The van der Waals surface area contributed by atoms with Crippen molar-refractivity contribution in [3.05, 3.63) is 83.4 Å². The molecule has 4 heteroatoms. The Morgan fingerprint density at radius 3 is 2.36 bits per heavy atom. The molecule has 0 atom stereocenters. The van der Waals surface area contributed by atoms with E-state index in [0.717, 1.165) is 16.8 Å². The number of aromatic nitrogens is 1. The van der Waals surface area contributed by atoms with E-state index in [1.54, 1.807) is 12.1 Å². The van der Waals surface area contributed by atoms with E-state index in [0.29, 0.717) is 16.2 Å². The third-order valence-corrected chi connectivity index (χ3v) is 4.78. The van der Waals surface area contributed by atoms with Gasteiger partial charge < -0.3 is 0 Å². The van der Waals surface area contributed by atoms with Crippen molar-refractivity contribution in [2.24, 2.45) is 0 Å². The summed E-state index contributed by atoms with van der Waals surface area (Å²) in [5.74, 6) is 0.280. The Hall–Kier alpha value is -2.90. The molecular formula is C21H16N2OS. The van der Waals surface area contributed by atoms with Crippen LogP contribution in [0.25, 0.3) is 11.3 Å². The summed E-state index contributed by atoms with van der Waals surface area (Å²) >= 11 is 1.31. The van der Waals surface area contributed by atoms with Gasteiger partial charge >= 0.3 is 0 Å². The second-order valence-corrected chi connectivity index (χ2v) is 6.52. The lowest BCUT2D eigenvalue weighted by Crippen LogP contribution is -2.03. The number of carbonyl (C=O) groups excluding carboxylic acids is 1. The summed E-state index contributed by atoms with van der Waals surface area (Å²) in [5.41, 5.74) is 3.87. The number of rotatable bonds is 5. The minimum atomic E-state index is 0.0269. The fourth-order valence-corrected chi connectivity index (χ4v) is 3.43. The number of ketones is 1. The molecule has 0 radical (unpaired) electrons. The maximum absolute atomic E-state index is 12.3. The Morgan fingerprint density at radius 2 is 1.72 bits per heavy atom. The number of hydrogen-bond acceptors (Lipinski definition) is 4. The van der Waals surface area contributed by atoms with Crippen LogP contribution in [0.3, 0.4) is 0 Å². The van der Waals surface area contributed by atoms with Crippen molar-refractivity contribution >= 4 is 17.5 Å². The lowest BCUT2D eigenvalue weighted by molar-refractivity contribution is 0.102. The monoisotopic (exact) mass is 344 g/mol. The molecular weight excluding hydrogens is 328 g/mol. The van der Waals surface area contributed by atoms with Crippen LogP contribution in [-0.2, 0) is 0 Å². The number of nitrogens with zero attached hydrogens (tertiary/aromatic N) is 2. The Bertz CT molecular complexity index is 931. The van der Waals surface area contributed by atoms with Gasteiger partial charge in [0.15, 0.2) is 5.78 Å². The van der Waals surface area contributed by atoms with Crippen LogP contribution in [0.1, 0.15) is 21.5 Å². The number of hydrogen-bond donors (Lipinski definition) is 0. The van der Waals surface area contributed by atoms with Crippen LogP contribution in [0.4, 0.5) is 0 Å². The normalized spacial score (nSPS) is 10.2. The molecule has 2 aromatic carbocycles. The third kappa shape index (κ3) is 3.96. The first-order valence-corrected chi connectivity index (χ1v) is 8.86. The molecule has 0 fully saturated rings. The quantitative estimate of drug-likeness (QED) is 0.488. The molecule has 3 rings (SSSR count). The summed E-state index contributed by atoms with van der Waals surface area (Å²) in [6, 6.07) is 23.1. The van der Waals surface area contributed by atoms with Crippen LogP contribution >= 0.6 is 11.8 Å². The zero-order chi connectivity index (χ0) is 17.6. The van der Waals surface area contributed by atoms with Crippen LogP contribution in [0, 0.1) is 18.3 Å². The van der Waals surface area contributed by atoms with Crippen molar-refractivity contribution in [1.82, 2.24) is 4.98 Å². The highest BCUT2D eigenvalue weighted by Gasteiger charge is 2.14. The molecule has 0 aliphatic heterocycles. The molecule has 0 aliphatic rings. The van der Waals surface area contributed by atoms with Gasteiger partial charge in [0, 0.05) is 11.1 Å². The van der Waals surface area contributed by atoms with E-state index < -0.39 is 0 Å². The summed E-state index contributed by atoms with van der Waals surface area (Å²) in [6.45, 7) is 1.90. The zero-order valence-electron chi connectivity index (χ0n) is 13.8. The third-order valence-electron chi connectivity index (χ3n) is 3.80. The van der Waals surface area contributed by atoms with Crippen molar-refractivity contribution in [3.8, 4) is 17.3 Å². The number of pyridine rings is 1. The van der Waals surface area contributed by atoms with Gasteiger partial charge in [-0.1, -0.05) is 72.4 Å². The van der Waals surface area contributed by atoms with Gasteiger partial charge in [-0.3, -0.25) is 4.79 Å². The Morgan fingerprint density at radius 1 is 1.08 bits per heavy atom. The van der Waals surface area contributed by atoms with Gasteiger partial charge in [-0.15, -0.1) is 0 Å². The van der Waals surface area contributed by atoms with Crippen molar-refractivity contribution in [2.75, 3.05) is 5.75 Å². The van der Waals surface area contributed by atoms with Crippen LogP contribution in [-0.4, -0.2) is 16.5 Å². The van der Waals surface area contributed by atoms with E-state index in [2.05, 4.69) is 11.1 Å². The Labute approximate surface area is 151 Å². The summed E-state index contributed by atoms with van der Waals surface area (Å²) in [6.07, 6.45) is 0. The summed E-state index contributed by atoms with van der Waals surface area (Å²) in [4.78, 5) is 17.0. The van der Waals surface area contributed by atoms with Crippen LogP contribution < -0.4 is 0 Å². The van der Waals surface area contributed by atoms with Gasteiger partial charge in [0.1, 0.15) is 11.1 Å². The molecule has 1 aromatic heterocycles. The molecule has 0 aliphatic carbocycles. The van der Waals surface area contributed by atoms with Gasteiger partial charge in [0.2, 0.25) is 0 Å². The lowest BCUT2D eigenvalue weighted by Gasteiger charge is -2.09. The van der Waals surface area contributed by atoms with Gasteiger partial charge in [-0.05, 0) is 18.6 Å². The van der Waals surface area contributed by atoms with Crippen LogP contribution in [0.2, 0.25) is 0 Å². The first-order chi connectivity index (χ1) is 12.2. The molecule has 0 spiro atoms.